The molecule has 38 heavy (non-hydrogen) atoms. The Bertz CT molecular complexity index is 1350. The number of halogens is 3. The molecule has 0 unspecified atom stereocenters. The van der Waals surface area contributed by atoms with Crippen LogP contribution in [0.25, 0.3) is 5.52 Å². The SMILES string of the molecule is CNC(=O)c1ccc(NCC#Cc2cc3c(N[C@@H]4CCN(C)C[C@@H]4F)cccn3c2SC(F)F)c(OC)c1. The second-order valence-corrected chi connectivity index (χ2v) is 9.86. The van der Waals surface area contributed by atoms with Crippen molar-refractivity contribution in [3.8, 4) is 17.6 Å². The summed E-state index contributed by atoms with van der Waals surface area (Å²) in [6.07, 6.45) is 1.31. The number of anilines is 2. The maximum atomic E-state index is 14.6. The summed E-state index contributed by atoms with van der Waals surface area (Å²) in [5.74, 6) is 3.60. The van der Waals surface area contributed by atoms with Gasteiger partial charge in [0.1, 0.15) is 16.9 Å². The number of likely N-dealkylation sites (tertiary alicyclic amines) is 1. The molecule has 1 amide bonds. The van der Waals surface area contributed by atoms with Gasteiger partial charge < -0.3 is 30.0 Å². The topological polar surface area (TPSA) is 70.0 Å². The summed E-state index contributed by atoms with van der Waals surface area (Å²) >= 11 is 0.424. The molecule has 0 radical (unpaired) electrons. The lowest BCUT2D eigenvalue weighted by Gasteiger charge is -2.33. The molecule has 4 rings (SSSR count). The first-order chi connectivity index (χ1) is 18.3. The predicted octanol–water partition coefficient (Wildman–Crippen LogP) is 4.54. The maximum absolute atomic E-state index is 14.6. The first kappa shape index (κ1) is 27.5. The summed E-state index contributed by atoms with van der Waals surface area (Å²) in [6, 6.07) is 9.96. The average molecular weight is 546 g/mol. The Kier molecular flexibility index (Phi) is 8.97. The monoisotopic (exact) mass is 545 g/mol. The van der Waals surface area contributed by atoms with Crippen molar-refractivity contribution >= 4 is 34.6 Å². The number of hydrogen-bond acceptors (Lipinski definition) is 6. The highest BCUT2D eigenvalue weighted by atomic mass is 32.2. The van der Waals surface area contributed by atoms with Crippen molar-refractivity contribution in [2.24, 2.45) is 0 Å². The van der Waals surface area contributed by atoms with E-state index in [9.17, 15) is 18.0 Å². The molecule has 0 spiro atoms. The Morgan fingerprint density at radius 3 is 2.79 bits per heavy atom. The summed E-state index contributed by atoms with van der Waals surface area (Å²) in [4.78, 5) is 13.8. The Balaban J connectivity index is 1.56. The Morgan fingerprint density at radius 2 is 2.08 bits per heavy atom. The lowest BCUT2D eigenvalue weighted by Crippen LogP contribution is -2.46. The van der Waals surface area contributed by atoms with Gasteiger partial charge in [-0.05, 0) is 61.6 Å². The van der Waals surface area contributed by atoms with Gasteiger partial charge >= 0.3 is 0 Å². The van der Waals surface area contributed by atoms with Crippen LogP contribution in [0.3, 0.4) is 0 Å². The van der Waals surface area contributed by atoms with Crippen molar-refractivity contribution in [2.75, 3.05) is 51.5 Å². The third-order valence-corrected chi connectivity index (χ3v) is 7.15. The van der Waals surface area contributed by atoms with Crippen molar-refractivity contribution in [1.82, 2.24) is 14.6 Å². The molecule has 0 bridgehead atoms. The molecule has 1 saturated heterocycles. The van der Waals surface area contributed by atoms with E-state index in [1.165, 1.54) is 7.11 Å². The van der Waals surface area contributed by atoms with Crippen LogP contribution in [0.1, 0.15) is 22.3 Å². The van der Waals surface area contributed by atoms with Crippen LogP contribution in [-0.4, -0.2) is 74.0 Å². The zero-order valence-corrected chi connectivity index (χ0v) is 22.2. The fraction of sp³-hybridized carbons (Fsp3) is 0.370. The highest BCUT2D eigenvalue weighted by Gasteiger charge is 2.28. The fourth-order valence-corrected chi connectivity index (χ4v) is 5.09. The first-order valence-corrected chi connectivity index (χ1v) is 13.0. The number of aromatic nitrogens is 1. The van der Waals surface area contributed by atoms with Gasteiger partial charge in [-0.1, -0.05) is 11.8 Å². The lowest BCUT2D eigenvalue weighted by molar-refractivity contribution is 0.0962. The third kappa shape index (κ3) is 6.31. The summed E-state index contributed by atoms with van der Waals surface area (Å²) in [6.45, 7) is 1.33. The molecule has 3 aromatic rings. The molecule has 2 aromatic heterocycles. The highest BCUT2D eigenvalue weighted by molar-refractivity contribution is 7.99. The molecule has 1 aliphatic rings. The molecular formula is C27H30F3N5O2S. The molecule has 1 fully saturated rings. The van der Waals surface area contributed by atoms with Gasteiger partial charge in [-0.3, -0.25) is 4.79 Å². The van der Waals surface area contributed by atoms with E-state index >= 15 is 0 Å². The average Bonchev–Trinajstić information content (AvgIpc) is 3.25. The number of hydrogen-bond donors (Lipinski definition) is 3. The molecule has 7 nitrogen and oxygen atoms in total. The standard InChI is InChI=1S/C27H30F3N5O2S/c1-31-25(36)17-8-9-22(24(15-17)37-3)32-11-4-6-18-14-23-21(33-20-10-13-34(2)16-19(20)28)7-5-12-35(23)26(18)38-27(29)30/h5,7-9,12,14-15,19-20,27,32-33H,10-11,13,16H2,1-3H3,(H,31,36)/t19-,20+/m0/s1. The number of nitrogens with zero attached hydrogens (tertiary/aromatic N) is 2. The van der Waals surface area contributed by atoms with Crippen molar-refractivity contribution < 1.29 is 22.7 Å². The van der Waals surface area contributed by atoms with Gasteiger partial charge in [-0.25, -0.2) is 4.39 Å². The van der Waals surface area contributed by atoms with E-state index in [1.807, 2.05) is 18.0 Å². The van der Waals surface area contributed by atoms with Crippen LogP contribution >= 0.6 is 11.8 Å². The minimum Gasteiger partial charge on any atom is -0.495 e. The van der Waals surface area contributed by atoms with Crippen LogP contribution in [0, 0.1) is 11.8 Å². The van der Waals surface area contributed by atoms with E-state index in [0.717, 1.165) is 6.54 Å². The number of fused-ring (bicyclic) bond motifs is 1. The van der Waals surface area contributed by atoms with Crippen LogP contribution in [-0.2, 0) is 0 Å². The van der Waals surface area contributed by atoms with Gasteiger partial charge in [0.2, 0.25) is 0 Å². The zero-order chi connectivity index (χ0) is 27.2. The molecular weight excluding hydrogens is 515 g/mol. The van der Waals surface area contributed by atoms with Crippen molar-refractivity contribution in [3.63, 3.8) is 0 Å². The van der Waals surface area contributed by atoms with E-state index in [2.05, 4.69) is 27.8 Å². The molecule has 11 heteroatoms. The normalized spacial score (nSPS) is 17.7. The second kappa shape index (κ2) is 12.4. The number of amides is 1. The van der Waals surface area contributed by atoms with Gasteiger partial charge in [0, 0.05) is 31.9 Å². The van der Waals surface area contributed by atoms with Crippen LogP contribution in [0.15, 0.2) is 47.6 Å². The summed E-state index contributed by atoms with van der Waals surface area (Å²) in [7, 11) is 4.94. The van der Waals surface area contributed by atoms with E-state index in [0.29, 0.717) is 63.5 Å². The molecule has 1 aliphatic heterocycles. The number of rotatable bonds is 8. The number of carbonyl (C=O) groups excluding carboxylic acids is 1. The second-order valence-electron chi connectivity index (χ2n) is 8.89. The van der Waals surface area contributed by atoms with Crippen molar-refractivity contribution in [3.05, 3.63) is 53.7 Å². The number of piperidine rings is 1. The molecule has 3 heterocycles. The van der Waals surface area contributed by atoms with E-state index < -0.39 is 11.9 Å². The van der Waals surface area contributed by atoms with Crippen LogP contribution in [0.5, 0.6) is 5.75 Å². The van der Waals surface area contributed by atoms with Gasteiger partial charge in [-0.15, -0.1) is 0 Å². The fourth-order valence-electron chi connectivity index (χ4n) is 4.41. The quantitative estimate of drug-likeness (QED) is 0.285. The smallest absolute Gasteiger partial charge is 0.290 e. The number of pyridine rings is 1. The Morgan fingerprint density at radius 1 is 1.26 bits per heavy atom. The Hall–Kier alpha value is -3.49. The minimum atomic E-state index is -2.63. The molecule has 1 aromatic carbocycles. The van der Waals surface area contributed by atoms with Crippen LogP contribution < -0.4 is 20.7 Å². The van der Waals surface area contributed by atoms with E-state index in [4.69, 9.17) is 4.74 Å². The van der Waals surface area contributed by atoms with Gasteiger partial charge in [0.15, 0.2) is 0 Å². The zero-order valence-electron chi connectivity index (χ0n) is 21.4. The summed E-state index contributed by atoms with van der Waals surface area (Å²) in [5.41, 5.74) is 2.88. The van der Waals surface area contributed by atoms with E-state index in [-0.39, 0.29) is 18.5 Å². The number of ether oxygens (including phenoxy) is 1. The van der Waals surface area contributed by atoms with E-state index in [1.54, 1.807) is 48.0 Å². The molecule has 2 atom stereocenters. The maximum Gasteiger partial charge on any atom is 0.290 e. The number of benzene rings is 1. The molecule has 0 saturated carbocycles. The van der Waals surface area contributed by atoms with Crippen LogP contribution in [0.2, 0.25) is 0 Å². The number of alkyl halides is 3. The minimum absolute atomic E-state index is 0.213. The third-order valence-electron chi connectivity index (χ3n) is 6.33. The van der Waals surface area contributed by atoms with Gasteiger partial charge in [0.25, 0.3) is 11.7 Å². The van der Waals surface area contributed by atoms with Crippen molar-refractivity contribution in [1.29, 1.82) is 0 Å². The lowest BCUT2D eigenvalue weighted by atomic mass is 10.0. The van der Waals surface area contributed by atoms with Gasteiger partial charge in [0.05, 0.1) is 42.2 Å². The van der Waals surface area contributed by atoms with Gasteiger partial charge in [-0.2, -0.15) is 8.78 Å². The highest BCUT2D eigenvalue weighted by Crippen LogP contribution is 2.34. The molecule has 0 aliphatic carbocycles. The summed E-state index contributed by atoms with van der Waals surface area (Å²) < 4.78 is 48.6. The molecule has 3 N–H and O–H groups in total. The largest absolute Gasteiger partial charge is 0.495 e. The number of nitrogens with one attached hydrogen (secondary N) is 3. The number of carbonyl (C=O) groups is 1. The number of thioether (sulfide) groups is 1. The molecule has 202 valence electrons. The summed E-state index contributed by atoms with van der Waals surface area (Å²) in [5, 5.41) is 9.30. The predicted molar refractivity (Wildman–Crippen MR) is 145 cm³/mol. The van der Waals surface area contributed by atoms with Crippen molar-refractivity contribution in [2.45, 2.75) is 29.4 Å². The van der Waals surface area contributed by atoms with Crippen LogP contribution in [0.4, 0.5) is 24.5 Å². The first-order valence-electron chi connectivity index (χ1n) is 12.1. The Labute approximate surface area is 224 Å². The number of methoxy groups -OCH3 is 1.